The van der Waals surface area contributed by atoms with Crippen molar-refractivity contribution in [3.63, 3.8) is 0 Å². The van der Waals surface area contributed by atoms with Crippen molar-refractivity contribution in [1.82, 2.24) is 24.6 Å². The maximum atomic E-state index is 13.3. The lowest BCUT2D eigenvalue weighted by molar-refractivity contribution is 0.234. The van der Waals surface area contributed by atoms with Gasteiger partial charge in [0.05, 0.1) is 41.1 Å². The summed E-state index contributed by atoms with van der Waals surface area (Å²) in [7, 11) is -0.854. The molecule has 202 valence electrons. The highest BCUT2D eigenvalue weighted by molar-refractivity contribution is 7.93. The zero-order valence-electron chi connectivity index (χ0n) is 21.9. The van der Waals surface area contributed by atoms with Crippen LogP contribution in [0.3, 0.4) is 0 Å². The molecule has 0 bridgehead atoms. The summed E-state index contributed by atoms with van der Waals surface area (Å²) in [5, 5.41) is 13.9. The molecule has 0 aliphatic carbocycles. The minimum absolute atomic E-state index is 0.258. The summed E-state index contributed by atoms with van der Waals surface area (Å²) in [4.78, 5) is 15.5. The summed E-state index contributed by atoms with van der Waals surface area (Å²) in [5.74, 6) is 2.43. The van der Waals surface area contributed by atoms with E-state index < -0.39 is 15.3 Å². The summed E-state index contributed by atoms with van der Waals surface area (Å²) in [5.41, 5.74) is 8.30. The van der Waals surface area contributed by atoms with Crippen LogP contribution in [0.1, 0.15) is 19.4 Å². The fourth-order valence-electron chi connectivity index (χ4n) is 4.10. The molecule has 1 fully saturated rings. The molecular weight excluding hydrogens is 518 g/mol. The number of pyridine rings is 2. The first-order chi connectivity index (χ1) is 18.7. The number of nitrogens with two attached hydrogens (primary N) is 1. The monoisotopic (exact) mass is 547 g/mol. The van der Waals surface area contributed by atoms with Crippen LogP contribution < -0.4 is 20.1 Å². The number of hydrogen-bond acceptors (Lipinski definition) is 11. The molecule has 39 heavy (non-hydrogen) atoms. The van der Waals surface area contributed by atoms with Crippen LogP contribution in [0.5, 0.6) is 11.8 Å². The largest absolute Gasteiger partial charge is 0.481 e. The van der Waals surface area contributed by atoms with Gasteiger partial charge in [-0.3, -0.25) is 0 Å². The second kappa shape index (κ2) is 10.5. The molecule has 13 heteroatoms. The highest BCUT2D eigenvalue weighted by Crippen LogP contribution is 2.29. The molecule has 0 saturated carbocycles. The Morgan fingerprint density at radius 3 is 2.54 bits per heavy atom. The molecule has 0 atom stereocenters. The predicted molar refractivity (Wildman–Crippen MR) is 148 cm³/mol. The SMILES string of the molecule is COc1ccc(N=S2(=O)CCN(c3ccc(-c4nc(OCC(C)(C)N)cn5ncc(C#N)c45)cn3)CC2)cn1. The van der Waals surface area contributed by atoms with Crippen LogP contribution in [-0.2, 0) is 9.73 Å². The van der Waals surface area contributed by atoms with Crippen molar-refractivity contribution < 1.29 is 13.7 Å². The van der Waals surface area contributed by atoms with Gasteiger partial charge in [-0.25, -0.2) is 23.7 Å². The topological polar surface area (TPSA) is 157 Å². The molecule has 2 N–H and O–H groups in total. The van der Waals surface area contributed by atoms with Gasteiger partial charge >= 0.3 is 0 Å². The van der Waals surface area contributed by atoms with E-state index in [1.807, 2.05) is 26.0 Å². The smallest absolute Gasteiger partial charge is 0.233 e. The predicted octanol–water partition coefficient (Wildman–Crippen LogP) is 2.80. The molecular formula is C26H29N9O3S. The maximum absolute atomic E-state index is 13.3. The third-order valence-electron chi connectivity index (χ3n) is 6.09. The Morgan fingerprint density at radius 2 is 1.92 bits per heavy atom. The van der Waals surface area contributed by atoms with Gasteiger partial charge in [0.25, 0.3) is 0 Å². The first-order valence-electron chi connectivity index (χ1n) is 12.3. The second-order valence-electron chi connectivity index (χ2n) is 9.89. The van der Waals surface area contributed by atoms with E-state index in [1.54, 1.807) is 42.3 Å². The van der Waals surface area contributed by atoms with E-state index in [0.29, 0.717) is 64.4 Å². The van der Waals surface area contributed by atoms with Gasteiger partial charge in [0.2, 0.25) is 11.8 Å². The molecule has 4 aromatic rings. The summed E-state index contributed by atoms with van der Waals surface area (Å²) < 4.78 is 30.3. The molecule has 12 nitrogen and oxygen atoms in total. The van der Waals surface area contributed by atoms with Gasteiger partial charge in [0.1, 0.15) is 35.3 Å². The van der Waals surface area contributed by atoms with E-state index in [2.05, 4.69) is 35.4 Å². The van der Waals surface area contributed by atoms with Crippen LogP contribution in [0.2, 0.25) is 0 Å². The third kappa shape index (κ3) is 5.92. The lowest BCUT2D eigenvalue weighted by atomic mass is 10.1. The Kier molecular flexibility index (Phi) is 7.07. The minimum Gasteiger partial charge on any atom is -0.481 e. The molecule has 0 amide bonds. The maximum Gasteiger partial charge on any atom is 0.233 e. The van der Waals surface area contributed by atoms with Crippen molar-refractivity contribution in [3.05, 3.63) is 54.6 Å². The van der Waals surface area contributed by atoms with Crippen molar-refractivity contribution in [2.24, 2.45) is 10.1 Å². The highest BCUT2D eigenvalue weighted by Gasteiger charge is 2.23. The fraction of sp³-hybridized carbons (Fsp3) is 0.346. The summed E-state index contributed by atoms with van der Waals surface area (Å²) in [6, 6.07) is 9.42. The molecule has 1 aliphatic rings. The number of anilines is 1. The molecule has 5 rings (SSSR count). The number of ether oxygens (including phenoxy) is 2. The zero-order valence-corrected chi connectivity index (χ0v) is 22.8. The van der Waals surface area contributed by atoms with Gasteiger partial charge in [-0.1, -0.05) is 0 Å². The Hall–Kier alpha value is -4.28. The van der Waals surface area contributed by atoms with Crippen LogP contribution >= 0.6 is 0 Å². The van der Waals surface area contributed by atoms with Crippen molar-refractivity contribution in [2.75, 3.05) is 43.2 Å². The van der Waals surface area contributed by atoms with E-state index in [0.717, 1.165) is 5.82 Å². The number of nitriles is 1. The minimum atomic E-state index is -2.40. The average molecular weight is 548 g/mol. The number of aromatic nitrogens is 5. The van der Waals surface area contributed by atoms with Crippen molar-refractivity contribution in [3.8, 4) is 29.1 Å². The Morgan fingerprint density at radius 1 is 1.13 bits per heavy atom. The van der Waals surface area contributed by atoms with Crippen LogP contribution in [0.25, 0.3) is 16.8 Å². The van der Waals surface area contributed by atoms with Gasteiger partial charge in [0, 0.05) is 48.0 Å². The van der Waals surface area contributed by atoms with Gasteiger partial charge in [-0.15, -0.1) is 0 Å². The summed E-state index contributed by atoms with van der Waals surface area (Å²) in [6.07, 6.45) is 6.41. The van der Waals surface area contributed by atoms with E-state index in [4.69, 9.17) is 15.2 Å². The van der Waals surface area contributed by atoms with E-state index in [-0.39, 0.29) is 6.61 Å². The van der Waals surface area contributed by atoms with Crippen LogP contribution in [0, 0.1) is 11.3 Å². The van der Waals surface area contributed by atoms with E-state index in [1.165, 1.54) is 6.20 Å². The molecule has 0 radical (unpaired) electrons. The first kappa shape index (κ1) is 26.3. The standard InChI is InChI=1S/C26H29N9O3S/c1-26(2,28)17-38-23-16-35-25(19(12-27)14-31-35)24(32-23)18-4-6-21(29-13-18)34-8-10-39(36,11-9-34)33-20-5-7-22(37-3)30-15-20/h4-7,13-16H,8-11,17,28H2,1-3H3. The Bertz CT molecular complexity index is 1630. The van der Waals surface area contributed by atoms with Gasteiger partial charge in [0.15, 0.2) is 0 Å². The van der Waals surface area contributed by atoms with Gasteiger partial charge in [-0.2, -0.15) is 14.7 Å². The first-order valence-corrected chi connectivity index (χ1v) is 14.2. The third-order valence-corrected chi connectivity index (χ3v) is 8.28. The lowest BCUT2D eigenvalue weighted by Crippen LogP contribution is -2.40. The number of nitrogens with zero attached hydrogens (tertiary/aromatic N) is 8. The summed E-state index contributed by atoms with van der Waals surface area (Å²) >= 11 is 0. The van der Waals surface area contributed by atoms with Gasteiger partial charge in [-0.05, 0) is 32.0 Å². The Labute approximate surface area is 226 Å². The van der Waals surface area contributed by atoms with Crippen molar-refractivity contribution >= 4 is 26.8 Å². The van der Waals surface area contributed by atoms with Crippen LogP contribution in [0.4, 0.5) is 11.5 Å². The normalized spacial score (nSPS) is 15.1. The number of methoxy groups -OCH3 is 1. The molecule has 0 unspecified atom stereocenters. The molecule has 4 aromatic heterocycles. The second-order valence-corrected chi connectivity index (χ2v) is 12.4. The van der Waals surface area contributed by atoms with Crippen molar-refractivity contribution in [2.45, 2.75) is 19.4 Å². The number of rotatable bonds is 7. The van der Waals surface area contributed by atoms with Crippen LogP contribution in [0.15, 0.2) is 53.4 Å². The molecule has 5 heterocycles. The average Bonchev–Trinajstić information content (AvgIpc) is 3.35. The summed E-state index contributed by atoms with van der Waals surface area (Å²) in [6.45, 7) is 5.09. The molecule has 0 spiro atoms. The van der Waals surface area contributed by atoms with E-state index in [9.17, 15) is 9.47 Å². The molecule has 0 aromatic carbocycles. The zero-order chi connectivity index (χ0) is 27.6. The lowest BCUT2D eigenvalue weighted by Gasteiger charge is -2.29. The number of hydrogen-bond donors (Lipinski definition) is 1. The number of fused-ring (bicyclic) bond motifs is 1. The highest BCUT2D eigenvalue weighted by atomic mass is 32.2. The Balaban J connectivity index is 1.36. The van der Waals surface area contributed by atoms with E-state index >= 15 is 0 Å². The van der Waals surface area contributed by atoms with Gasteiger partial charge < -0.3 is 20.1 Å². The van der Waals surface area contributed by atoms with Crippen LogP contribution in [-0.4, -0.2) is 72.6 Å². The fourth-order valence-corrected chi connectivity index (χ4v) is 5.99. The quantitative estimate of drug-likeness (QED) is 0.365. The van der Waals surface area contributed by atoms with Crippen molar-refractivity contribution in [1.29, 1.82) is 5.26 Å². The molecule has 1 saturated heterocycles. The molecule has 1 aliphatic heterocycles.